The molecule has 4 N–H and O–H groups in total. The van der Waals surface area contributed by atoms with Gasteiger partial charge in [0, 0.05) is 32.6 Å². The van der Waals surface area contributed by atoms with Crippen LogP contribution in [0.25, 0.3) is 0 Å². The Hall–Kier alpha value is -1.79. The molecule has 1 aromatic carbocycles. The topological polar surface area (TPSA) is 87.5 Å². The van der Waals surface area contributed by atoms with E-state index in [4.69, 9.17) is 5.73 Å². The van der Waals surface area contributed by atoms with Gasteiger partial charge in [-0.2, -0.15) is 0 Å². The van der Waals surface area contributed by atoms with Gasteiger partial charge in [0.1, 0.15) is 0 Å². The van der Waals surface area contributed by atoms with E-state index in [-0.39, 0.29) is 24.3 Å². The zero-order valence-electron chi connectivity index (χ0n) is 13.2. The lowest BCUT2D eigenvalue weighted by molar-refractivity contribution is -0.120. The van der Waals surface area contributed by atoms with E-state index in [0.717, 1.165) is 12.8 Å². The SMILES string of the molecule is Cl.NCCCNC(=O)CCNC(=O)N1CCc2ccccc2C1. The highest BCUT2D eigenvalue weighted by atomic mass is 35.5. The second-order valence-electron chi connectivity index (χ2n) is 5.41. The average Bonchev–Trinajstić information content (AvgIpc) is 2.54. The Morgan fingerprint density at radius 2 is 1.87 bits per heavy atom. The van der Waals surface area contributed by atoms with Crippen molar-refractivity contribution in [2.24, 2.45) is 5.73 Å². The van der Waals surface area contributed by atoms with Crippen LogP contribution in [0.3, 0.4) is 0 Å². The monoisotopic (exact) mass is 340 g/mol. The van der Waals surface area contributed by atoms with Crippen molar-refractivity contribution in [2.45, 2.75) is 25.8 Å². The summed E-state index contributed by atoms with van der Waals surface area (Å²) in [6, 6.07) is 8.07. The smallest absolute Gasteiger partial charge is 0.317 e. The molecule has 0 saturated heterocycles. The molecule has 0 saturated carbocycles. The number of benzene rings is 1. The maximum atomic E-state index is 12.1. The molecular formula is C16H25ClN4O2. The average molecular weight is 341 g/mol. The van der Waals surface area contributed by atoms with Gasteiger partial charge in [-0.05, 0) is 30.5 Å². The van der Waals surface area contributed by atoms with E-state index in [1.807, 2.05) is 12.1 Å². The van der Waals surface area contributed by atoms with Gasteiger partial charge < -0.3 is 21.3 Å². The molecule has 0 atom stereocenters. The molecule has 3 amide bonds. The Morgan fingerprint density at radius 1 is 1.13 bits per heavy atom. The second-order valence-corrected chi connectivity index (χ2v) is 5.41. The van der Waals surface area contributed by atoms with E-state index in [9.17, 15) is 9.59 Å². The third-order valence-electron chi connectivity index (χ3n) is 3.75. The first-order valence-electron chi connectivity index (χ1n) is 7.77. The van der Waals surface area contributed by atoms with Crippen LogP contribution in [0.4, 0.5) is 4.79 Å². The largest absolute Gasteiger partial charge is 0.356 e. The number of hydrogen-bond acceptors (Lipinski definition) is 3. The number of fused-ring (bicyclic) bond motifs is 1. The fraction of sp³-hybridized carbons (Fsp3) is 0.500. The van der Waals surface area contributed by atoms with Crippen LogP contribution in [0.15, 0.2) is 24.3 Å². The van der Waals surface area contributed by atoms with Crippen LogP contribution >= 0.6 is 12.4 Å². The Labute approximate surface area is 143 Å². The first kappa shape index (κ1) is 19.3. The van der Waals surface area contributed by atoms with Crippen molar-refractivity contribution in [1.82, 2.24) is 15.5 Å². The van der Waals surface area contributed by atoms with E-state index in [2.05, 4.69) is 22.8 Å². The van der Waals surface area contributed by atoms with Gasteiger partial charge in [0.2, 0.25) is 5.91 Å². The predicted molar refractivity (Wildman–Crippen MR) is 92.5 cm³/mol. The van der Waals surface area contributed by atoms with Gasteiger partial charge in [-0.15, -0.1) is 12.4 Å². The van der Waals surface area contributed by atoms with Crippen molar-refractivity contribution in [3.05, 3.63) is 35.4 Å². The maximum Gasteiger partial charge on any atom is 0.317 e. The molecule has 0 spiro atoms. The highest BCUT2D eigenvalue weighted by Gasteiger charge is 2.19. The summed E-state index contributed by atoms with van der Waals surface area (Å²) in [4.78, 5) is 25.4. The Balaban J connectivity index is 0.00000264. The number of urea groups is 1. The lowest BCUT2D eigenvalue weighted by atomic mass is 10.0. The molecule has 0 bridgehead atoms. The summed E-state index contributed by atoms with van der Waals surface area (Å²) >= 11 is 0. The molecule has 0 unspecified atom stereocenters. The van der Waals surface area contributed by atoms with E-state index < -0.39 is 0 Å². The van der Waals surface area contributed by atoms with Crippen molar-refractivity contribution in [2.75, 3.05) is 26.2 Å². The summed E-state index contributed by atoms with van der Waals surface area (Å²) < 4.78 is 0. The van der Waals surface area contributed by atoms with Crippen molar-refractivity contribution < 1.29 is 9.59 Å². The third kappa shape index (κ3) is 6.08. The van der Waals surface area contributed by atoms with Crippen LogP contribution < -0.4 is 16.4 Å². The normalized spacial score (nSPS) is 12.8. The number of rotatable bonds is 6. The fourth-order valence-corrected chi connectivity index (χ4v) is 2.48. The highest BCUT2D eigenvalue weighted by Crippen LogP contribution is 2.18. The molecule has 1 aromatic rings. The molecule has 0 aromatic heterocycles. The summed E-state index contributed by atoms with van der Waals surface area (Å²) in [6.45, 7) is 2.85. The standard InChI is InChI=1S/C16H24N4O2.ClH/c17-8-3-9-18-15(21)6-10-19-16(22)20-11-7-13-4-1-2-5-14(13)12-20;/h1-2,4-5H,3,6-12,17H2,(H,18,21)(H,19,22);1H. The molecule has 0 aliphatic carbocycles. The third-order valence-corrected chi connectivity index (χ3v) is 3.75. The number of carbonyl (C=O) groups excluding carboxylic acids is 2. The zero-order valence-corrected chi connectivity index (χ0v) is 14.0. The number of carbonyl (C=O) groups is 2. The number of hydrogen-bond donors (Lipinski definition) is 3. The molecule has 2 rings (SSSR count). The summed E-state index contributed by atoms with van der Waals surface area (Å²) in [5, 5.41) is 5.57. The molecule has 0 fully saturated rings. The lowest BCUT2D eigenvalue weighted by Crippen LogP contribution is -2.43. The Kier molecular flexibility index (Phi) is 8.43. The minimum atomic E-state index is -0.107. The van der Waals surface area contributed by atoms with Crippen molar-refractivity contribution in [1.29, 1.82) is 0 Å². The molecule has 7 heteroatoms. The summed E-state index contributed by atoms with van der Waals surface area (Å²) in [5.74, 6) is -0.0576. The van der Waals surface area contributed by atoms with Gasteiger partial charge in [-0.3, -0.25) is 4.79 Å². The van der Waals surface area contributed by atoms with Gasteiger partial charge in [-0.1, -0.05) is 24.3 Å². The van der Waals surface area contributed by atoms with E-state index in [1.165, 1.54) is 11.1 Å². The van der Waals surface area contributed by atoms with Gasteiger partial charge >= 0.3 is 6.03 Å². The number of nitrogens with one attached hydrogen (secondary N) is 2. The molecule has 0 radical (unpaired) electrons. The molecule has 6 nitrogen and oxygen atoms in total. The number of amides is 3. The van der Waals surface area contributed by atoms with Crippen LogP contribution in [0, 0.1) is 0 Å². The first-order valence-corrected chi connectivity index (χ1v) is 7.77. The fourth-order valence-electron chi connectivity index (χ4n) is 2.48. The molecular weight excluding hydrogens is 316 g/mol. The quantitative estimate of drug-likeness (QED) is 0.676. The van der Waals surface area contributed by atoms with Crippen LogP contribution in [0.5, 0.6) is 0 Å². The van der Waals surface area contributed by atoms with Crippen LogP contribution in [0.2, 0.25) is 0 Å². The summed E-state index contributed by atoms with van der Waals surface area (Å²) in [7, 11) is 0. The first-order chi connectivity index (χ1) is 10.7. The molecule has 23 heavy (non-hydrogen) atoms. The summed E-state index contributed by atoms with van der Waals surface area (Å²) in [5.41, 5.74) is 7.87. The minimum absolute atomic E-state index is 0. The van der Waals surface area contributed by atoms with Gasteiger partial charge in [-0.25, -0.2) is 4.79 Å². The number of halogens is 1. The Bertz CT molecular complexity index is 525. The minimum Gasteiger partial charge on any atom is -0.356 e. The summed E-state index contributed by atoms with van der Waals surface area (Å²) in [6.07, 6.45) is 1.94. The van der Waals surface area contributed by atoms with Gasteiger partial charge in [0.25, 0.3) is 0 Å². The van der Waals surface area contributed by atoms with E-state index in [1.54, 1.807) is 4.90 Å². The number of nitrogens with zero attached hydrogens (tertiary/aromatic N) is 1. The predicted octanol–water partition coefficient (Wildman–Crippen LogP) is 1.03. The van der Waals surface area contributed by atoms with Gasteiger partial charge in [0.15, 0.2) is 0 Å². The van der Waals surface area contributed by atoms with E-state index in [0.29, 0.717) is 39.1 Å². The second kappa shape index (κ2) is 10.1. The van der Waals surface area contributed by atoms with Crippen molar-refractivity contribution in [3.63, 3.8) is 0 Å². The molecule has 1 heterocycles. The van der Waals surface area contributed by atoms with Crippen LogP contribution in [-0.4, -0.2) is 43.0 Å². The Morgan fingerprint density at radius 3 is 2.61 bits per heavy atom. The van der Waals surface area contributed by atoms with Crippen LogP contribution in [-0.2, 0) is 17.8 Å². The maximum absolute atomic E-state index is 12.1. The molecule has 128 valence electrons. The zero-order chi connectivity index (χ0) is 15.8. The number of nitrogens with two attached hydrogens (primary N) is 1. The highest BCUT2D eigenvalue weighted by molar-refractivity contribution is 5.85. The van der Waals surface area contributed by atoms with Crippen molar-refractivity contribution in [3.8, 4) is 0 Å². The van der Waals surface area contributed by atoms with Gasteiger partial charge in [0.05, 0.1) is 0 Å². The molecule has 1 aliphatic rings. The van der Waals surface area contributed by atoms with Crippen LogP contribution in [0.1, 0.15) is 24.0 Å². The lowest BCUT2D eigenvalue weighted by Gasteiger charge is -2.28. The van der Waals surface area contributed by atoms with E-state index >= 15 is 0 Å². The van der Waals surface area contributed by atoms with Crippen molar-refractivity contribution >= 4 is 24.3 Å². The molecule has 1 aliphatic heterocycles.